The predicted molar refractivity (Wildman–Crippen MR) is 66.1 cm³/mol. The molecule has 1 heterocycles. The zero-order valence-corrected chi connectivity index (χ0v) is 11.5. The first kappa shape index (κ1) is 14.2. The number of ether oxygens (including phenoxy) is 1. The lowest BCUT2D eigenvalue weighted by Crippen LogP contribution is -2.52. The van der Waals surface area contributed by atoms with E-state index in [0.717, 1.165) is 0 Å². The van der Waals surface area contributed by atoms with Crippen molar-refractivity contribution in [3.05, 3.63) is 0 Å². The number of esters is 1. The second-order valence-electron chi connectivity index (χ2n) is 4.92. The van der Waals surface area contributed by atoms with Crippen molar-refractivity contribution in [3.8, 4) is 0 Å². The van der Waals surface area contributed by atoms with E-state index < -0.39 is 22.5 Å². The molecule has 1 saturated heterocycles. The Hall–Kier alpha value is -0.910. The van der Waals surface area contributed by atoms with Crippen LogP contribution in [0.5, 0.6) is 0 Å². The molecule has 1 rings (SSSR count). The topological polar surface area (TPSA) is 66.8 Å². The Morgan fingerprint density at radius 3 is 2.47 bits per heavy atom. The first-order chi connectivity index (χ1) is 7.73. The Morgan fingerprint density at radius 2 is 2.06 bits per heavy atom. The maximum absolute atomic E-state index is 12.2. The van der Waals surface area contributed by atoms with E-state index in [2.05, 4.69) is 0 Å². The van der Waals surface area contributed by atoms with Crippen molar-refractivity contribution in [3.63, 3.8) is 0 Å². The summed E-state index contributed by atoms with van der Waals surface area (Å²) in [6.07, 6.45) is -0.651. The normalized spacial score (nSPS) is 24.8. The fourth-order valence-electron chi connectivity index (χ4n) is 1.78. The molecule has 5 nitrogen and oxygen atoms in total. The molecule has 0 aliphatic carbocycles. The summed E-state index contributed by atoms with van der Waals surface area (Å²) in [7, 11) is 0. The average Bonchev–Trinajstić information content (AvgIpc) is 2.59. The number of carbonyl (C=O) groups excluding carboxylic acids is 1. The van der Waals surface area contributed by atoms with Crippen molar-refractivity contribution in [1.29, 1.82) is 0 Å². The third-order valence-corrected chi connectivity index (χ3v) is 4.06. The van der Waals surface area contributed by atoms with E-state index in [0.29, 0.717) is 18.7 Å². The molecule has 0 aromatic heterocycles. The zero-order chi connectivity index (χ0) is 13.3. The van der Waals surface area contributed by atoms with E-state index in [1.807, 2.05) is 0 Å². The van der Waals surface area contributed by atoms with Gasteiger partial charge in [0.05, 0.1) is 0 Å². The number of carbonyl (C=O) groups is 2. The summed E-state index contributed by atoms with van der Waals surface area (Å²) in [6.45, 7) is 7.50. The fraction of sp³-hybridized carbons (Fsp3) is 0.818. The van der Waals surface area contributed by atoms with Crippen molar-refractivity contribution in [2.45, 2.75) is 44.6 Å². The van der Waals surface area contributed by atoms with Gasteiger partial charge in [0, 0.05) is 12.3 Å². The van der Waals surface area contributed by atoms with Crippen LogP contribution in [-0.2, 0) is 9.53 Å². The van der Waals surface area contributed by atoms with E-state index >= 15 is 0 Å². The van der Waals surface area contributed by atoms with Crippen molar-refractivity contribution in [1.82, 2.24) is 4.90 Å². The molecule has 1 fully saturated rings. The summed E-state index contributed by atoms with van der Waals surface area (Å²) < 4.78 is 5.33. The molecule has 0 radical (unpaired) electrons. The Morgan fingerprint density at radius 1 is 1.47 bits per heavy atom. The molecule has 0 aromatic carbocycles. The molecule has 98 valence electrons. The van der Waals surface area contributed by atoms with Gasteiger partial charge in [-0.1, -0.05) is 6.92 Å². The lowest BCUT2D eigenvalue weighted by molar-refractivity contribution is -0.162. The molecule has 0 aromatic rings. The molecule has 6 heteroatoms. The highest BCUT2D eigenvalue weighted by Crippen LogP contribution is 2.40. The maximum Gasteiger partial charge on any atom is 0.408 e. The van der Waals surface area contributed by atoms with Crippen LogP contribution in [0.1, 0.15) is 34.1 Å². The average molecular weight is 261 g/mol. The molecule has 1 N–H and O–H groups in total. The van der Waals surface area contributed by atoms with Crippen LogP contribution in [0.15, 0.2) is 0 Å². The smallest absolute Gasteiger partial charge is 0.408 e. The van der Waals surface area contributed by atoms with Crippen LogP contribution >= 0.6 is 11.8 Å². The van der Waals surface area contributed by atoms with Crippen molar-refractivity contribution in [2.24, 2.45) is 0 Å². The molecule has 1 amide bonds. The van der Waals surface area contributed by atoms with E-state index in [9.17, 15) is 9.59 Å². The number of hydrogen-bond donors (Lipinski definition) is 1. The molecule has 17 heavy (non-hydrogen) atoms. The molecule has 0 bridgehead atoms. The highest BCUT2D eigenvalue weighted by molar-refractivity contribution is 8.01. The fourth-order valence-corrected chi connectivity index (χ4v) is 3.08. The van der Waals surface area contributed by atoms with Gasteiger partial charge >= 0.3 is 12.1 Å². The summed E-state index contributed by atoms with van der Waals surface area (Å²) in [5.41, 5.74) is -0.605. The van der Waals surface area contributed by atoms with Crippen LogP contribution in [0, 0.1) is 0 Å². The van der Waals surface area contributed by atoms with Crippen LogP contribution in [-0.4, -0.2) is 44.8 Å². The van der Waals surface area contributed by atoms with Crippen LogP contribution < -0.4 is 0 Å². The summed E-state index contributed by atoms with van der Waals surface area (Å²) >= 11 is 1.35. The quantitative estimate of drug-likeness (QED) is 0.772. The summed E-state index contributed by atoms with van der Waals surface area (Å²) in [5, 5.41) is 9.13. The van der Waals surface area contributed by atoms with Gasteiger partial charge in [0.15, 0.2) is 4.87 Å². The molecule has 0 saturated carbocycles. The van der Waals surface area contributed by atoms with Gasteiger partial charge in [-0.25, -0.2) is 9.59 Å². The number of nitrogens with zero attached hydrogens (tertiary/aromatic N) is 1. The van der Waals surface area contributed by atoms with Crippen molar-refractivity contribution in [2.75, 3.05) is 12.3 Å². The first-order valence-corrected chi connectivity index (χ1v) is 6.59. The second-order valence-corrected chi connectivity index (χ2v) is 6.29. The third-order valence-electron chi connectivity index (χ3n) is 2.52. The highest BCUT2D eigenvalue weighted by Gasteiger charge is 2.51. The minimum absolute atomic E-state index is 0.368. The Balaban J connectivity index is 2.95. The molecule has 0 spiro atoms. The molecule has 1 unspecified atom stereocenters. The molecular weight excluding hydrogens is 242 g/mol. The third kappa shape index (κ3) is 2.86. The van der Waals surface area contributed by atoms with Gasteiger partial charge in [-0.05, 0) is 27.2 Å². The minimum Gasteiger partial charge on any atom is -0.465 e. The SMILES string of the molecule is CCC1(C(=O)OC(C)(C)C)SCCN1C(=O)O. The Bertz CT molecular complexity index is 326. The monoisotopic (exact) mass is 261 g/mol. The first-order valence-electron chi connectivity index (χ1n) is 5.61. The number of rotatable bonds is 2. The molecular formula is C11H19NO4S. The van der Waals surface area contributed by atoms with E-state index in [1.54, 1.807) is 27.7 Å². The largest absolute Gasteiger partial charge is 0.465 e. The number of carboxylic acid groups (broad SMARTS) is 1. The Kier molecular flexibility index (Phi) is 3.96. The Labute approximate surface area is 105 Å². The lowest BCUT2D eigenvalue weighted by Gasteiger charge is -2.34. The van der Waals surface area contributed by atoms with Gasteiger partial charge in [0.25, 0.3) is 0 Å². The summed E-state index contributed by atoms with van der Waals surface area (Å²) in [5.74, 6) is 0.164. The van der Waals surface area contributed by atoms with E-state index in [-0.39, 0.29) is 0 Å². The van der Waals surface area contributed by atoms with Crippen molar-refractivity contribution >= 4 is 23.8 Å². The number of amides is 1. The van der Waals surface area contributed by atoms with Gasteiger partial charge in [-0.3, -0.25) is 4.90 Å². The van der Waals surface area contributed by atoms with Crippen LogP contribution in [0.25, 0.3) is 0 Å². The highest BCUT2D eigenvalue weighted by atomic mass is 32.2. The van der Waals surface area contributed by atoms with E-state index in [1.165, 1.54) is 16.7 Å². The molecule has 1 aliphatic heterocycles. The van der Waals surface area contributed by atoms with Gasteiger partial charge in [-0.15, -0.1) is 11.8 Å². The predicted octanol–water partition coefficient (Wildman–Crippen LogP) is 2.16. The van der Waals surface area contributed by atoms with Gasteiger partial charge in [-0.2, -0.15) is 0 Å². The zero-order valence-electron chi connectivity index (χ0n) is 10.6. The number of thioether (sulfide) groups is 1. The molecule has 1 atom stereocenters. The minimum atomic E-state index is -1.07. The standard InChI is InChI=1S/C11H19NO4S/c1-5-11(8(13)16-10(2,3)4)12(9(14)15)6-7-17-11/h5-7H2,1-4H3,(H,14,15). The van der Waals surface area contributed by atoms with Gasteiger partial charge in [0.2, 0.25) is 0 Å². The van der Waals surface area contributed by atoms with Gasteiger partial charge < -0.3 is 9.84 Å². The number of hydrogen-bond acceptors (Lipinski definition) is 4. The van der Waals surface area contributed by atoms with E-state index in [4.69, 9.17) is 9.84 Å². The molecule has 1 aliphatic rings. The second kappa shape index (κ2) is 4.76. The van der Waals surface area contributed by atoms with Crippen LogP contribution in [0.2, 0.25) is 0 Å². The summed E-state index contributed by atoms with van der Waals surface area (Å²) in [4.78, 5) is 23.4. The maximum atomic E-state index is 12.2. The van der Waals surface area contributed by atoms with Crippen LogP contribution in [0.3, 0.4) is 0 Å². The van der Waals surface area contributed by atoms with Crippen LogP contribution in [0.4, 0.5) is 4.79 Å². The lowest BCUT2D eigenvalue weighted by atomic mass is 10.1. The van der Waals surface area contributed by atoms with Gasteiger partial charge in [0.1, 0.15) is 5.60 Å². The van der Waals surface area contributed by atoms with Crippen molar-refractivity contribution < 1.29 is 19.4 Å². The summed E-state index contributed by atoms with van der Waals surface area (Å²) in [6, 6.07) is 0.